The molecule has 6 heteroatoms. The molecule has 0 aromatic heterocycles. The van der Waals surface area contributed by atoms with Crippen LogP contribution < -0.4 is 4.74 Å². The molecule has 1 aromatic rings. The lowest BCUT2D eigenvalue weighted by Crippen LogP contribution is -2.48. The summed E-state index contributed by atoms with van der Waals surface area (Å²) >= 11 is 0. The molecule has 1 saturated heterocycles. The number of ketones is 1. The van der Waals surface area contributed by atoms with E-state index < -0.39 is 21.3 Å². The predicted octanol–water partition coefficient (Wildman–Crippen LogP) is 1.74. The number of sulfone groups is 1. The number of benzene rings is 1. The number of hydrogen-bond donors (Lipinski definition) is 0. The van der Waals surface area contributed by atoms with Gasteiger partial charge in [-0.3, -0.25) is 4.79 Å². The maximum Gasteiger partial charge on any atom is 0.170 e. The number of halogens is 1. The molecule has 2 aliphatic rings. The zero-order valence-electron chi connectivity index (χ0n) is 10.2. The van der Waals surface area contributed by atoms with Gasteiger partial charge in [0.05, 0.1) is 23.5 Å². The molecule has 2 aliphatic heterocycles. The Hall–Kier alpha value is -1.43. The van der Waals surface area contributed by atoms with Crippen molar-refractivity contribution in [1.82, 2.24) is 0 Å². The van der Waals surface area contributed by atoms with Crippen molar-refractivity contribution >= 4 is 15.6 Å². The van der Waals surface area contributed by atoms with Crippen LogP contribution in [0.3, 0.4) is 0 Å². The first kappa shape index (κ1) is 12.6. The second-order valence-electron chi connectivity index (χ2n) is 5.18. The average Bonchev–Trinajstić information content (AvgIpc) is 2.35. The predicted molar refractivity (Wildman–Crippen MR) is 66.6 cm³/mol. The van der Waals surface area contributed by atoms with Gasteiger partial charge in [-0.1, -0.05) is 0 Å². The van der Waals surface area contributed by atoms with E-state index in [0.717, 1.165) is 0 Å². The number of Topliss-reactive ketones (excluding diaryl/α,β-unsaturated/α-hetero) is 1. The minimum atomic E-state index is -3.01. The number of ether oxygens (including phenoxy) is 1. The highest BCUT2D eigenvalue weighted by Crippen LogP contribution is 2.39. The highest BCUT2D eigenvalue weighted by atomic mass is 32.2. The summed E-state index contributed by atoms with van der Waals surface area (Å²) in [5, 5.41) is 0. The Morgan fingerprint density at radius 3 is 2.58 bits per heavy atom. The molecular weight excluding hydrogens is 271 g/mol. The topological polar surface area (TPSA) is 60.4 Å². The van der Waals surface area contributed by atoms with Crippen LogP contribution in [0.5, 0.6) is 5.75 Å². The SMILES string of the molecule is O=C1CC2(CCS(=O)(=O)CC2)Oc2ccc(F)cc21. The van der Waals surface area contributed by atoms with E-state index in [0.29, 0.717) is 18.6 Å². The average molecular weight is 284 g/mol. The molecule has 1 aromatic carbocycles. The molecule has 0 radical (unpaired) electrons. The highest BCUT2D eigenvalue weighted by molar-refractivity contribution is 7.91. The molecule has 0 bridgehead atoms. The van der Waals surface area contributed by atoms with E-state index in [1.165, 1.54) is 18.2 Å². The maximum atomic E-state index is 13.1. The Balaban J connectivity index is 1.93. The number of carbonyl (C=O) groups is 1. The van der Waals surface area contributed by atoms with Crippen LogP contribution in [0.15, 0.2) is 18.2 Å². The van der Waals surface area contributed by atoms with Crippen LogP contribution in [-0.4, -0.2) is 31.3 Å². The third-order valence-electron chi connectivity index (χ3n) is 3.79. The fraction of sp³-hybridized carbons (Fsp3) is 0.462. The van der Waals surface area contributed by atoms with Gasteiger partial charge in [0, 0.05) is 12.8 Å². The van der Waals surface area contributed by atoms with Gasteiger partial charge >= 0.3 is 0 Å². The number of fused-ring (bicyclic) bond motifs is 1. The van der Waals surface area contributed by atoms with Crippen LogP contribution in [0, 0.1) is 5.82 Å². The van der Waals surface area contributed by atoms with Gasteiger partial charge in [-0.25, -0.2) is 12.8 Å². The summed E-state index contributed by atoms with van der Waals surface area (Å²) < 4.78 is 41.9. The zero-order valence-corrected chi connectivity index (χ0v) is 11.0. The smallest absolute Gasteiger partial charge is 0.170 e. The Labute approximate surface area is 110 Å². The summed E-state index contributed by atoms with van der Waals surface area (Å²) in [5.41, 5.74) is -0.480. The molecular formula is C13H13FO4S. The summed E-state index contributed by atoms with van der Waals surface area (Å²) in [4.78, 5) is 12.1. The van der Waals surface area contributed by atoms with Gasteiger partial charge in [-0.2, -0.15) is 0 Å². The van der Waals surface area contributed by atoms with Crippen LogP contribution >= 0.6 is 0 Å². The third kappa shape index (κ3) is 2.25. The first-order valence-corrected chi connectivity index (χ1v) is 7.94. The van der Waals surface area contributed by atoms with E-state index in [4.69, 9.17) is 4.74 Å². The van der Waals surface area contributed by atoms with Gasteiger partial charge in [0.25, 0.3) is 0 Å². The number of hydrogen-bond acceptors (Lipinski definition) is 4. The van der Waals surface area contributed by atoms with Crippen LogP contribution in [-0.2, 0) is 9.84 Å². The van der Waals surface area contributed by atoms with Crippen LogP contribution in [0.2, 0.25) is 0 Å². The lowest BCUT2D eigenvalue weighted by Gasteiger charge is -2.40. The second-order valence-corrected chi connectivity index (χ2v) is 7.48. The molecule has 0 N–H and O–H groups in total. The molecule has 4 nitrogen and oxygen atoms in total. The number of rotatable bonds is 0. The molecule has 1 spiro atoms. The van der Waals surface area contributed by atoms with E-state index in [1.807, 2.05) is 0 Å². The van der Waals surface area contributed by atoms with Crippen molar-refractivity contribution in [3.8, 4) is 5.75 Å². The lowest BCUT2D eigenvalue weighted by molar-refractivity contribution is 0.0334. The molecule has 0 aliphatic carbocycles. The molecule has 0 atom stereocenters. The number of carbonyl (C=O) groups excluding carboxylic acids is 1. The Morgan fingerprint density at radius 2 is 1.89 bits per heavy atom. The first-order valence-electron chi connectivity index (χ1n) is 6.11. The summed E-state index contributed by atoms with van der Waals surface area (Å²) in [6.45, 7) is 0. The van der Waals surface area contributed by atoms with E-state index in [1.54, 1.807) is 0 Å². The van der Waals surface area contributed by atoms with Crippen LogP contribution in [0.4, 0.5) is 4.39 Å². The molecule has 19 heavy (non-hydrogen) atoms. The third-order valence-corrected chi connectivity index (χ3v) is 5.44. The summed E-state index contributed by atoms with van der Waals surface area (Å²) in [7, 11) is -3.01. The molecule has 0 amide bonds. The Kier molecular flexibility index (Phi) is 2.67. The van der Waals surface area contributed by atoms with Crippen LogP contribution in [0.25, 0.3) is 0 Å². The van der Waals surface area contributed by atoms with E-state index in [2.05, 4.69) is 0 Å². The quantitative estimate of drug-likeness (QED) is 0.728. The van der Waals surface area contributed by atoms with Crippen molar-refractivity contribution < 1.29 is 22.3 Å². The Bertz CT molecular complexity index is 637. The fourth-order valence-electron chi connectivity index (χ4n) is 2.66. The summed E-state index contributed by atoms with van der Waals surface area (Å²) in [6.07, 6.45) is 0.759. The van der Waals surface area contributed by atoms with E-state index in [9.17, 15) is 17.6 Å². The molecule has 102 valence electrons. The largest absolute Gasteiger partial charge is 0.486 e. The van der Waals surface area contributed by atoms with E-state index in [-0.39, 0.29) is 29.3 Å². The standard InChI is InChI=1S/C13H13FO4S/c14-9-1-2-12-10(7-9)11(15)8-13(18-12)3-5-19(16,17)6-4-13/h1-2,7H,3-6,8H2. The molecule has 0 saturated carbocycles. The van der Waals surface area contributed by atoms with Crippen molar-refractivity contribution in [3.63, 3.8) is 0 Å². The van der Waals surface area contributed by atoms with Crippen molar-refractivity contribution in [2.45, 2.75) is 24.9 Å². The van der Waals surface area contributed by atoms with E-state index >= 15 is 0 Å². The van der Waals surface area contributed by atoms with Crippen molar-refractivity contribution in [2.24, 2.45) is 0 Å². The fourth-order valence-corrected chi connectivity index (χ4v) is 4.23. The Morgan fingerprint density at radius 1 is 1.21 bits per heavy atom. The molecule has 0 unspecified atom stereocenters. The van der Waals surface area contributed by atoms with Crippen molar-refractivity contribution in [1.29, 1.82) is 0 Å². The second kappa shape index (κ2) is 4.03. The van der Waals surface area contributed by atoms with Crippen molar-refractivity contribution in [2.75, 3.05) is 11.5 Å². The minimum Gasteiger partial charge on any atom is -0.486 e. The molecule has 1 fully saturated rings. The maximum absolute atomic E-state index is 13.1. The van der Waals surface area contributed by atoms with Crippen LogP contribution in [0.1, 0.15) is 29.6 Å². The molecule has 3 rings (SSSR count). The van der Waals surface area contributed by atoms with Gasteiger partial charge in [-0.15, -0.1) is 0 Å². The van der Waals surface area contributed by atoms with Gasteiger partial charge in [0.15, 0.2) is 15.6 Å². The van der Waals surface area contributed by atoms with Gasteiger partial charge in [0.2, 0.25) is 0 Å². The molecule has 2 heterocycles. The van der Waals surface area contributed by atoms with Gasteiger partial charge in [-0.05, 0) is 18.2 Å². The summed E-state index contributed by atoms with van der Waals surface area (Å²) in [6, 6.07) is 3.85. The minimum absolute atomic E-state index is 0.0385. The monoisotopic (exact) mass is 284 g/mol. The van der Waals surface area contributed by atoms with Crippen molar-refractivity contribution in [3.05, 3.63) is 29.6 Å². The summed E-state index contributed by atoms with van der Waals surface area (Å²) in [5.74, 6) is -0.219. The first-order chi connectivity index (χ1) is 8.89. The van der Waals surface area contributed by atoms with Gasteiger partial charge in [0.1, 0.15) is 17.2 Å². The highest BCUT2D eigenvalue weighted by Gasteiger charge is 2.44. The van der Waals surface area contributed by atoms with Gasteiger partial charge < -0.3 is 4.74 Å². The lowest BCUT2D eigenvalue weighted by atomic mass is 9.85. The normalized spacial score (nSPS) is 23.7. The zero-order chi connectivity index (χ0) is 13.7.